The molecule has 0 aliphatic rings. The van der Waals surface area contributed by atoms with Crippen LogP contribution >= 0.6 is 15.9 Å². The van der Waals surface area contributed by atoms with Gasteiger partial charge in [-0.05, 0) is 41.9 Å². The van der Waals surface area contributed by atoms with E-state index in [1.807, 2.05) is 13.8 Å². The molecule has 1 nitrogen and oxygen atoms in total. The summed E-state index contributed by atoms with van der Waals surface area (Å²) in [4.78, 5) is 0. The van der Waals surface area contributed by atoms with Crippen LogP contribution in [0.3, 0.4) is 0 Å². The normalized spacial score (nSPS) is 10.4. The van der Waals surface area contributed by atoms with Crippen molar-refractivity contribution >= 4 is 15.9 Å². The molecule has 1 aromatic carbocycles. The minimum atomic E-state index is -0.341. The molecule has 0 fully saturated rings. The molecule has 0 amide bonds. The fourth-order valence-corrected chi connectivity index (χ4v) is 1.18. The lowest BCUT2D eigenvalue weighted by Crippen LogP contribution is -2.06. The summed E-state index contributed by atoms with van der Waals surface area (Å²) in [6.45, 7) is 3.72. The number of hydrogen-bond donors (Lipinski definition) is 0. The molecule has 0 aliphatic carbocycles. The Hall–Kier alpha value is -0.570. The quantitative estimate of drug-likeness (QED) is 0.760. The van der Waals surface area contributed by atoms with Crippen LogP contribution in [0.25, 0.3) is 0 Å². The predicted octanol–water partition coefficient (Wildman–Crippen LogP) is 3.38. The molecule has 0 heterocycles. The summed E-state index contributed by atoms with van der Waals surface area (Å²) in [5.74, 6) is -0.0504. The van der Waals surface area contributed by atoms with Crippen molar-refractivity contribution in [2.45, 2.75) is 20.0 Å². The van der Waals surface area contributed by atoms with Gasteiger partial charge in [-0.3, -0.25) is 0 Å². The highest BCUT2D eigenvalue weighted by Gasteiger charge is 2.07. The van der Waals surface area contributed by atoms with Crippen LogP contribution in [-0.2, 0) is 0 Å². The van der Waals surface area contributed by atoms with E-state index < -0.39 is 0 Å². The van der Waals surface area contributed by atoms with Gasteiger partial charge in [-0.2, -0.15) is 0 Å². The van der Waals surface area contributed by atoms with E-state index in [1.54, 1.807) is 18.2 Å². The fourth-order valence-electron chi connectivity index (χ4n) is 0.829. The summed E-state index contributed by atoms with van der Waals surface area (Å²) in [5.41, 5.74) is 0. The molecule has 0 aromatic heterocycles. The lowest BCUT2D eigenvalue weighted by atomic mass is 10.3. The third kappa shape index (κ3) is 2.21. The molecule has 0 radical (unpaired) electrons. The monoisotopic (exact) mass is 232 g/mol. The minimum absolute atomic E-state index is 0.00574. The van der Waals surface area contributed by atoms with Crippen molar-refractivity contribution in [1.29, 1.82) is 0 Å². The van der Waals surface area contributed by atoms with E-state index in [0.717, 1.165) is 0 Å². The van der Waals surface area contributed by atoms with Gasteiger partial charge >= 0.3 is 0 Å². The summed E-state index contributed by atoms with van der Waals surface area (Å²) < 4.78 is 18.8. The summed E-state index contributed by atoms with van der Waals surface area (Å²) in [6.07, 6.45) is -0.00574. The third-order valence-corrected chi connectivity index (χ3v) is 1.89. The van der Waals surface area contributed by atoms with Crippen LogP contribution in [0, 0.1) is 5.82 Å². The van der Waals surface area contributed by atoms with Gasteiger partial charge in [-0.25, -0.2) is 4.39 Å². The van der Waals surface area contributed by atoms with E-state index in [0.29, 0.717) is 10.2 Å². The molecule has 0 bridgehead atoms. The van der Waals surface area contributed by atoms with Gasteiger partial charge in [-0.15, -0.1) is 0 Å². The van der Waals surface area contributed by atoms with Crippen molar-refractivity contribution in [3.8, 4) is 5.75 Å². The molecule has 0 spiro atoms. The van der Waals surface area contributed by atoms with Crippen LogP contribution in [0.1, 0.15) is 13.8 Å². The zero-order valence-electron chi connectivity index (χ0n) is 6.97. The van der Waals surface area contributed by atoms with Crippen LogP contribution < -0.4 is 4.74 Å². The lowest BCUT2D eigenvalue weighted by molar-refractivity contribution is 0.231. The average molecular weight is 233 g/mol. The highest BCUT2D eigenvalue weighted by molar-refractivity contribution is 9.10. The smallest absolute Gasteiger partial charge is 0.179 e. The average Bonchev–Trinajstić information content (AvgIpc) is 1.98. The predicted molar refractivity (Wildman–Crippen MR) is 49.9 cm³/mol. The first-order valence-electron chi connectivity index (χ1n) is 3.72. The van der Waals surface area contributed by atoms with Gasteiger partial charge in [0.25, 0.3) is 0 Å². The topological polar surface area (TPSA) is 9.23 Å². The van der Waals surface area contributed by atoms with E-state index in [1.165, 1.54) is 0 Å². The van der Waals surface area contributed by atoms with Crippen molar-refractivity contribution in [3.63, 3.8) is 0 Å². The molecule has 0 saturated carbocycles. The molecule has 0 saturated heterocycles. The van der Waals surface area contributed by atoms with Crippen LogP contribution in [0.15, 0.2) is 22.7 Å². The Kier molecular flexibility index (Phi) is 3.09. The summed E-state index contributed by atoms with van der Waals surface area (Å²) in [6, 6.07) is 4.99. The van der Waals surface area contributed by atoms with Gasteiger partial charge in [0.05, 0.1) is 10.6 Å². The number of benzene rings is 1. The highest BCUT2D eigenvalue weighted by atomic mass is 79.9. The molecule has 0 N–H and O–H groups in total. The number of halogens is 2. The molecule has 1 aromatic rings. The Morgan fingerprint density at radius 3 is 2.67 bits per heavy atom. The first-order valence-corrected chi connectivity index (χ1v) is 4.51. The molecular formula is C9H10BrFO. The maximum absolute atomic E-state index is 13.2. The third-order valence-electron chi connectivity index (χ3n) is 1.28. The molecule has 0 aliphatic heterocycles. The second-order valence-electron chi connectivity index (χ2n) is 2.72. The van der Waals surface area contributed by atoms with Gasteiger partial charge in [-0.1, -0.05) is 6.07 Å². The largest absolute Gasteiger partial charge is 0.488 e. The Morgan fingerprint density at radius 2 is 2.08 bits per heavy atom. The maximum atomic E-state index is 13.2. The number of hydrogen-bond acceptors (Lipinski definition) is 1. The molecule has 12 heavy (non-hydrogen) atoms. The summed E-state index contributed by atoms with van der Waals surface area (Å²) >= 11 is 3.08. The Morgan fingerprint density at radius 1 is 1.42 bits per heavy atom. The van der Waals surface area contributed by atoms with Crippen molar-refractivity contribution in [2.24, 2.45) is 0 Å². The Bertz CT molecular complexity index is 273. The van der Waals surface area contributed by atoms with E-state index in [-0.39, 0.29) is 11.9 Å². The van der Waals surface area contributed by atoms with E-state index in [4.69, 9.17) is 4.74 Å². The standard InChI is InChI=1S/C9H10BrFO/c1-6(2)12-8-5-3-4-7(10)9(8)11/h3-6H,1-2H3. The second kappa shape index (κ2) is 3.90. The molecule has 3 heteroatoms. The Balaban J connectivity index is 2.92. The second-order valence-corrected chi connectivity index (χ2v) is 3.57. The first kappa shape index (κ1) is 9.52. The van der Waals surface area contributed by atoms with Gasteiger partial charge in [0, 0.05) is 0 Å². The van der Waals surface area contributed by atoms with Gasteiger partial charge in [0.2, 0.25) is 0 Å². The Labute approximate surface area is 79.7 Å². The molecule has 0 unspecified atom stereocenters. The first-order chi connectivity index (χ1) is 5.61. The number of ether oxygens (including phenoxy) is 1. The van der Waals surface area contributed by atoms with Gasteiger partial charge in [0.1, 0.15) is 0 Å². The van der Waals surface area contributed by atoms with E-state index >= 15 is 0 Å². The van der Waals surface area contributed by atoms with Crippen molar-refractivity contribution < 1.29 is 9.13 Å². The maximum Gasteiger partial charge on any atom is 0.179 e. The summed E-state index contributed by atoms with van der Waals surface area (Å²) in [5, 5.41) is 0. The van der Waals surface area contributed by atoms with Gasteiger partial charge in [0.15, 0.2) is 11.6 Å². The summed E-state index contributed by atoms with van der Waals surface area (Å²) in [7, 11) is 0. The SMILES string of the molecule is CC(C)Oc1cccc(Br)c1F. The van der Waals surface area contributed by atoms with Crippen molar-refractivity contribution in [2.75, 3.05) is 0 Å². The zero-order chi connectivity index (χ0) is 9.14. The van der Waals surface area contributed by atoms with E-state index in [9.17, 15) is 4.39 Å². The van der Waals surface area contributed by atoms with Crippen LogP contribution in [-0.4, -0.2) is 6.10 Å². The lowest BCUT2D eigenvalue weighted by Gasteiger charge is -2.10. The molecule has 66 valence electrons. The van der Waals surface area contributed by atoms with Crippen molar-refractivity contribution in [1.82, 2.24) is 0 Å². The van der Waals surface area contributed by atoms with Crippen LogP contribution in [0.2, 0.25) is 0 Å². The van der Waals surface area contributed by atoms with E-state index in [2.05, 4.69) is 15.9 Å². The molecular weight excluding hydrogens is 223 g/mol. The van der Waals surface area contributed by atoms with Gasteiger partial charge < -0.3 is 4.74 Å². The fraction of sp³-hybridized carbons (Fsp3) is 0.333. The highest BCUT2D eigenvalue weighted by Crippen LogP contribution is 2.25. The molecule has 0 atom stereocenters. The van der Waals surface area contributed by atoms with Crippen LogP contribution in [0.5, 0.6) is 5.75 Å². The number of rotatable bonds is 2. The van der Waals surface area contributed by atoms with Crippen molar-refractivity contribution in [3.05, 3.63) is 28.5 Å². The minimum Gasteiger partial charge on any atom is -0.488 e. The zero-order valence-corrected chi connectivity index (χ0v) is 8.56. The van der Waals surface area contributed by atoms with Crippen LogP contribution in [0.4, 0.5) is 4.39 Å². The molecule has 1 rings (SSSR count).